The zero-order chi connectivity index (χ0) is 10.7. The summed E-state index contributed by atoms with van der Waals surface area (Å²) in [6, 6.07) is 6.02. The van der Waals surface area contributed by atoms with Gasteiger partial charge in [-0.15, -0.1) is 0 Å². The number of hydrogen-bond acceptors (Lipinski definition) is 3. The van der Waals surface area contributed by atoms with Crippen molar-refractivity contribution >= 4 is 0 Å². The van der Waals surface area contributed by atoms with E-state index in [-0.39, 0.29) is 18.1 Å². The molecule has 1 unspecified atom stereocenters. The third-order valence-electron chi connectivity index (χ3n) is 2.44. The number of rotatable bonds is 3. The highest BCUT2D eigenvalue weighted by Gasteiger charge is 2.20. The molecule has 1 saturated heterocycles. The minimum Gasteiger partial charge on any atom is -0.350 e. The largest absolute Gasteiger partial charge is 0.350 e. The van der Waals surface area contributed by atoms with Gasteiger partial charge in [0.2, 0.25) is 0 Å². The monoisotopic (exact) mass is 211 g/mol. The van der Waals surface area contributed by atoms with Gasteiger partial charge in [-0.2, -0.15) is 0 Å². The smallest absolute Gasteiger partial charge is 0.159 e. The van der Waals surface area contributed by atoms with E-state index in [1.165, 1.54) is 12.1 Å². The van der Waals surface area contributed by atoms with Crippen molar-refractivity contribution in [1.82, 2.24) is 0 Å². The molecule has 1 atom stereocenters. The fraction of sp³-hybridized carbons (Fsp3) is 0.455. The molecule has 0 bridgehead atoms. The van der Waals surface area contributed by atoms with Crippen LogP contribution in [0.4, 0.5) is 4.39 Å². The van der Waals surface area contributed by atoms with Crippen LogP contribution < -0.4 is 5.73 Å². The number of hydrogen-bond donors (Lipinski definition) is 1. The van der Waals surface area contributed by atoms with Gasteiger partial charge in [-0.3, -0.25) is 0 Å². The van der Waals surface area contributed by atoms with Crippen LogP contribution in [0.25, 0.3) is 0 Å². The first-order valence-electron chi connectivity index (χ1n) is 5.00. The fourth-order valence-electron chi connectivity index (χ4n) is 1.60. The molecule has 1 aromatic rings. The standard InChI is InChI=1S/C11H14FNO2/c12-9-3-1-8(2-4-9)10(13)7-11-14-5-6-15-11/h1-4,10-11H,5-7,13H2. The molecule has 0 amide bonds. The maximum Gasteiger partial charge on any atom is 0.159 e. The van der Waals surface area contributed by atoms with Crippen LogP contribution in [0.1, 0.15) is 18.0 Å². The van der Waals surface area contributed by atoms with Crippen molar-refractivity contribution in [2.24, 2.45) is 5.73 Å². The molecule has 0 radical (unpaired) electrons. The van der Waals surface area contributed by atoms with Crippen molar-refractivity contribution in [1.29, 1.82) is 0 Å². The van der Waals surface area contributed by atoms with E-state index in [1.54, 1.807) is 12.1 Å². The Morgan fingerprint density at radius 1 is 1.27 bits per heavy atom. The van der Waals surface area contributed by atoms with E-state index in [1.807, 2.05) is 0 Å². The highest BCUT2D eigenvalue weighted by atomic mass is 19.1. The first-order valence-corrected chi connectivity index (χ1v) is 5.00. The summed E-state index contributed by atoms with van der Waals surface area (Å²) < 4.78 is 23.2. The predicted octanol–water partition coefficient (Wildman–Crippen LogP) is 1.59. The predicted molar refractivity (Wildman–Crippen MR) is 53.6 cm³/mol. The Bertz CT molecular complexity index is 309. The average Bonchev–Trinajstić information content (AvgIpc) is 2.71. The third-order valence-corrected chi connectivity index (χ3v) is 2.44. The summed E-state index contributed by atoms with van der Waals surface area (Å²) in [7, 11) is 0. The zero-order valence-corrected chi connectivity index (χ0v) is 8.36. The lowest BCUT2D eigenvalue weighted by Gasteiger charge is -2.15. The lowest BCUT2D eigenvalue weighted by Crippen LogP contribution is -2.19. The molecule has 2 N–H and O–H groups in total. The average molecular weight is 211 g/mol. The van der Waals surface area contributed by atoms with Gasteiger partial charge in [-0.05, 0) is 17.7 Å². The normalized spacial score (nSPS) is 19.3. The molecular weight excluding hydrogens is 197 g/mol. The first kappa shape index (κ1) is 10.5. The minimum absolute atomic E-state index is 0.173. The van der Waals surface area contributed by atoms with Crippen LogP contribution in [0.5, 0.6) is 0 Å². The fourth-order valence-corrected chi connectivity index (χ4v) is 1.60. The van der Waals surface area contributed by atoms with Crippen LogP contribution >= 0.6 is 0 Å². The second kappa shape index (κ2) is 4.70. The number of benzene rings is 1. The van der Waals surface area contributed by atoms with Crippen molar-refractivity contribution in [2.75, 3.05) is 13.2 Å². The van der Waals surface area contributed by atoms with Gasteiger partial charge < -0.3 is 15.2 Å². The molecule has 0 saturated carbocycles. The SMILES string of the molecule is NC(CC1OCCO1)c1ccc(F)cc1. The van der Waals surface area contributed by atoms with Gasteiger partial charge in [0.1, 0.15) is 5.82 Å². The molecule has 1 aliphatic rings. The van der Waals surface area contributed by atoms with Crippen molar-refractivity contribution < 1.29 is 13.9 Å². The molecule has 3 nitrogen and oxygen atoms in total. The summed E-state index contributed by atoms with van der Waals surface area (Å²) in [6.07, 6.45) is 0.385. The van der Waals surface area contributed by atoms with Gasteiger partial charge in [-0.25, -0.2) is 4.39 Å². The Labute approximate surface area is 88.0 Å². The highest BCUT2D eigenvalue weighted by molar-refractivity contribution is 5.19. The lowest BCUT2D eigenvalue weighted by molar-refractivity contribution is -0.0507. The van der Waals surface area contributed by atoms with Crippen LogP contribution in [-0.4, -0.2) is 19.5 Å². The molecule has 0 spiro atoms. The Hall–Kier alpha value is -0.970. The number of ether oxygens (including phenoxy) is 2. The number of nitrogens with two attached hydrogens (primary N) is 1. The van der Waals surface area contributed by atoms with E-state index in [2.05, 4.69) is 0 Å². The van der Waals surface area contributed by atoms with Gasteiger partial charge >= 0.3 is 0 Å². The Balaban J connectivity index is 1.94. The van der Waals surface area contributed by atoms with Crippen LogP contribution in [0, 0.1) is 5.82 Å². The van der Waals surface area contributed by atoms with Gasteiger partial charge in [-0.1, -0.05) is 12.1 Å². The van der Waals surface area contributed by atoms with E-state index in [0.717, 1.165) is 5.56 Å². The second-order valence-corrected chi connectivity index (χ2v) is 3.56. The van der Waals surface area contributed by atoms with E-state index in [0.29, 0.717) is 19.6 Å². The minimum atomic E-state index is -0.251. The number of halogens is 1. The van der Waals surface area contributed by atoms with E-state index >= 15 is 0 Å². The summed E-state index contributed by atoms with van der Waals surface area (Å²) in [5.74, 6) is -0.251. The summed E-state index contributed by atoms with van der Waals surface area (Å²) >= 11 is 0. The van der Waals surface area contributed by atoms with Crippen molar-refractivity contribution in [3.05, 3.63) is 35.6 Å². The van der Waals surface area contributed by atoms with Gasteiger partial charge in [0.05, 0.1) is 13.2 Å². The van der Waals surface area contributed by atoms with Crippen molar-refractivity contribution in [3.8, 4) is 0 Å². The summed E-state index contributed by atoms with van der Waals surface area (Å²) in [6.45, 7) is 1.25. The van der Waals surface area contributed by atoms with Crippen LogP contribution in [-0.2, 0) is 9.47 Å². The molecule has 2 rings (SSSR count). The van der Waals surface area contributed by atoms with E-state index < -0.39 is 0 Å². The van der Waals surface area contributed by atoms with Gasteiger partial charge in [0, 0.05) is 12.5 Å². The van der Waals surface area contributed by atoms with Crippen molar-refractivity contribution in [3.63, 3.8) is 0 Å². The zero-order valence-electron chi connectivity index (χ0n) is 8.36. The van der Waals surface area contributed by atoms with Crippen LogP contribution in [0.2, 0.25) is 0 Å². The van der Waals surface area contributed by atoms with Gasteiger partial charge in [0.25, 0.3) is 0 Å². The first-order chi connectivity index (χ1) is 7.25. The summed E-state index contributed by atoms with van der Waals surface area (Å²) in [5, 5.41) is 0. The molecule has 1 heterocycles. The maximum absolute atomic E-state index is 12.7. The maximum atomic E-state index is 12.7. The molecule has 82 valence electrons. The van der Waals surface area contributed by atoms with Crippen LogP contribution in [0.3, 0.4) is 0 Å². The van der Waals surface area contributed by atoms with Gasteiger partial charge in [0.15, 0.2) is 6.29 Å². The second-order valence-electron chi connectivity index (χ2n) is 3.56. The molecule has 0 aliphatic carbocycles. The molecule has 1 fully saturated rings. The lowest BCUT2D eigenvalue weighted by atomic mass is 10.0. The Morgan fingerprint density at radius 3 is 2.47 bits per heavy atom. The molecule has 0 aromatic heterocycles. The Morgan fingerprint density at radius 2 is 1.87 bits per heavy atom. The highest BCUT2D eigenvalue weighted by Crippen LogP contribution is 2.20. The van der Waals surface area contributed by atoms with E-state index in [4.69, 9.17) is 15.2 Å². The van der Waals surface area contributed by atoms with Crippen LogP contribution in [0.15, 0.2) is 24.3 Å². The molecule has 4 heteroatoms. The topological polar surface area (TPSA) is 44.5 Å². The molecule has 15 heavy (non-hydrogen) atoms. The molecule has 1 aromatic carbocycles. The third kappa shape index (κ3) is 2.75. The molecular formula is C11H14FNO2. The van der Waals surface area contributed by atoms with E-state index in [9.17, 15) is 4.39 Å². The van der Waals surface area contributed by atoms with Crippen molar-refractivity contribution in [2.45, 2.75) is 18.8 Å². The summed E-state index contributed by atoms with van der Waals surface area (Å²) in [4.78, 5) is 0. The summed E-state index contributed by atoms with van der Waals surface area (Å²) in [5.41, 5.74) is 6.84. The quantitative estimate of drug-likeness (QED) is 0.825. The Kier molecular flexibility index (Phi) is 3.30. The molecule has 1 aliphatic heterocycles.